The van der Waals surface area contributed by atoms with Crippen molar-refractivity contribution >= 4 is 17.2 Å². The Hall–Kier alpha value is -1.13. The van der Waals surface area contributed by atoms with Crippen molar-refractivity contribution in [1.29, 1.82) is 0 Å². The van der Waals surface area contributed by atoms with E-state index in [-0.39, 0.29) is 6.61 Å². The zero-order valence-corrected chi connectivity index (χ0v) is 6.86. The van der Waals surface area contributed by atoms with Gasteiger partial charge in [0.15, 0.2) is 11.5 Å². The van der Waals surface area contributed by atoms with Crippen molar-refractivity contribution in [2.24, 2.45) is 0 Å². The van der Waals surface area contributed by atoms with Gasteiger partial charge in [-0.15, -0.1) is 10.2 Å². The Kier molecular flexibility index (Phi) is 1.71. The minimum Gasteiger partial charge on any atom is -0.388 e. The molecule has 0 aliphatic rings. The van der Waals surface area contributed by atoms with Crippen molar-refractivity contribution in [2.45, 2.75) is 6.61 Å². The van der Waals surface area contributed by atoms with Crippen molar-refractivity contribution in [3.63, 3.8) is 0 Å². The van der Waals surface area contributed by atoms with Crippen LogP contribution in [0.1, 0.15) is 5.82 Å². The second-order valence-corrected chi connectivity index (χ2v) is 2.70. The second-order valence-electron chi connectivity index (χ2n) is 2.32. The quantitative estimate of drug-likeness (QED) is 0.668. The number of aliphatic hydroxyl groups is 1. The molecule has 0 aromatic carbocycles. The fraction of sp³-hybridized carbons (Fsp3) is 0.143. The third kappa shape index (κ3) is 0.964. The van der Waals surface area contributed by atoms with Crippen LogP contribution < -0.4 is 0 Å². The molecule has 0 atom stereocenters. The first-order chi connectivity index (χ1) is 5.83. The molecule has 0 aliphatic heterocycles. The third-order valence-corrected chi connectivity index (χ3v) is 1.88. The summed E-state index contributed by atoms with van der Waals surface area (Å²) in [7, 11) is 0. The van der Waals surface area contributed by atoms with Crippen LogP contribution in [0.2, 0.25) is 5.15 Å². The van der Waals surface area contributed by atoms with Gasteiger partial charge in [0.05, 0.1) is 0 Å². The number of rotatable bonds is 1. The first kappa shape index (κ1) is 7.52. The summed E-state index contributed by atoms with van der Waals surface area (Å²) in [6.07, 6.45) is 0. The minimum absolute atomic E-state index is 0.162. The van der Waals surface area contributed by atoms with Gasteiger partial charge in [-0.1, -0.05) is 17.7 Å². The van der Waals surface area contributed by atoms with E-state index in [0.717, 1.165) is 0 Å². The molecule has 2 rings (SSSR count). The molecule has 0 spiro atoms. The van der Waals surface area contributed by atoms with Crippen LogP contribution >= 0.6 is 11.6 Å². The second kappa shape index (κ2) is 2.73. The van der Waals surface area contributed by atoms with Crippen molar-refractivity contribution in [2.75, 3.05) is 0 Å². The molecule has 0 fully saturated rings. The van der Waals surface area contributed by atoms with Crippen molar-refractivity contribution in [3.8, 4) is 0 Å². The van der Waals surface area contributed by atoms with Gasteiger partial charge in [-0.25, -0.2) is 0 Å². The Balaban J connectivity index is 2.83. The van der Waals surface area contributed by atoms with Gasteiger partial charge in [0, 0.05) is 0 Å². The summed E-state index contributed by atoms with van der Waals surface area (Å²) in [6, 6.07) is 5.28. The maximum Gasteiger partial charge on any atom is 0.164 e. The normalized spacial score (nSPS) is 10.8. The largest absolute Gasteiger partial charge is 0.388 e. The van der Waals surface area contributed by atoms with E-state index in [4.69, 9.17) is 16.7 Å². The molecule has 0 radical (unpaired) electrons. The zero-order chi connectivity index (χ0) is 8.55. The number of pyridine rings is 1. The third-order valence-electron chi connectivity index (χ3n) is 1.59. The average Bonchev–Trinajstić information content (AvgIpc) is 2.49. The number of aliphatic hydroxyl groups excluding tert-OH is 1. The Morgan fingerprint density at radius 1 is 1.42 bits per heavy atom. The molecule has 0 unspecified atom stereocenters. The maximum atomic E-state index is 8.87. The molecule has 0 saturated heterocycles. The first-order valence-corrected chi connectivity index (χ1v) is 3.80. The van der Waals surface area contributed by atoms with E-state index >= 15 is 0 Å². The molecule has 1 N–H and O–H groups in total. The molecule has 62 valence electrons. The summed E-state index contributed by atoms with van der Waals surface area (Å²) >= 11 is 5.85. The van der Waals surface area contributed by atoms with Gasteiger partial charge in [-0.05, 0) is 12.1 Å². The van der Waals surface area contributed by atoms with E-state index in [9.17, 15) is 0 Å². The van der Waals surface area contributed by atoms with Gasteiger partial charge >= 0.3 is 0 Å². The molecule has 4 nitrogen and oxygen atoms in total. The lowest BCUT2D eigenvalue weighted by molar-refractivity contribution is 0.270. The predicted molar refractivity (Wildman–Crippen MR) is 43.9 cm³/mol. The molecular weight excluding hydrogens is 178 g/mol. The van der Waals surface area contributed by atoms with Crippen molar-refractivity contribution < 1.29 is 5.11 Å². The van der Waals surface area contributed by atoms with Gasteiger partial charge in [0.2, 0.25) is 0 Å². The topological polar surface area (TPSA) is 50.4 Å². The Morgan fingerprint density at radius 3 is 3.00 bits per heavy atom. The summed E-state index contributed by atoms with van der Waals surface area (Å²) in [6.45, 7) is -0.162. The lowest BCUT2D eigenvalue weighted by Crippen LogP contribution is -1.94. The van der Waals surface area contributed by atoms with Gasteiger partial charge < -0.3 is 5.11 Å². The highest BCUT2D eigenvalue weighted by Gasteiger charge is 2.05. The number of aromatic nitrogens is 3. The Morgan fingerprint density at radius 2 is 2.25 bits per heavy atom. The van der Waals surface area contributed by atoms with Crippen LogP contribution in [-0.4, -0.2) is 19.7 Å². The number of nitrogens with zero attached hydrogens (tertiary/aromatic N) is 3. The van der Waals surface area contributed by atoms with Gasteiger partial charge in [0.1, 0.15) is 11.8 Å². The fourth-order valence-corrected chi connectivity index (χ4v) is 1.32. The fourth-order valence-electron chi connectivity index (χ4n) is 1.06. The summed E-state index contributed by atoms with van der Waals surface area (Å²) in [4.78, 5) is 0. The number of halogens is 1. The minimum atomic E-state index is -0.162. The molecule has 0 aliphatic carbocycles. The summed E-state index contributed by atoms with van der Waals surface area (Å²) in [5.41, 5.74) is 0.645. The van der Waals surface area contributed by atoms with E-state index in [0.29, 0.717) is 16.6 Å². The van der Waals surface area contributed by atoms with E-state index < -0.39 is 0 Å². The molecule has 0 saturated carbocycles. The van der Waals surface area contributed by atoms with Crippen LogP contribution in [0.15, 0.2) is 18.2 Å². The highest BCUT2D eigenvalue weighted by atomic mass is 35.5. The number of fused-ring (bicyclic) bond motifs is 1. The van der Waals surface area contributed by atoms with E-state index in [1.165, 1.54) is 0 Å². The van der Waals surface area contributed by atoms with E-state index in [1.54, 1.807) is 22.6 Å². The molecule has 5 heteroatoms. The zero-order valence-electron chi connectivity index (χ0n) is 6.11. The molecule has 2 aromatic heterocycles. The predicted octanol–water partition coefficient (Wildman–Crippen LogP) is 0.875. The molecule has 2 heterocycles. The number of hydrogen-bond donors (Lipinski definition) is 1. The monoisotopic (exact) mass is 183 g/mol. The van der Waals surface area contributed by atoms with Crippen LogP contribution in [0.3, 0.4) is 0 Å². The van der Waals surface area contributed by atoms with Crippen LogP contribution in [-0.2, 0) is 6.61 Å². The van der Waals surface area contributed by atoms with Crippen LogP contribution in [0.5, 0.6) is 0 Å². The summed E-state index contributed by atoms with van der Waals surface area (Å²) in [5, 5.41) is 16.9. The highest BCUT2D eigenvalue weighted by Crippen LogP contribution is 2.12. The van der Waals surface area contributed by atoms with Crippen LogP contribution in [0.25, 0.3) is 5.65 Å². The Bertz CT molecular complexity index is 412. The highest BCUT2D eigenvalue weighted by molar-refractivity contribution is 6.29. The smallest absolute Gasteiger partial charge is 0.164 e. The number of hydrogen-bond acceptors (Lipinski definition) is 3. The van der Waals surface area contributed by atoms with Gasteiger partial charge in [-0.3, -0.25) is 4.40 Å². The molecule has 12 heavy (non-hydrogen) atoms. The lowest BCUT2D eigenvalue weighted by atomic mass is 10.5. The van der Waals surface area contributed by atoms with Gasteiger partial charge in [-0.2, -0.15) is 0 Å². The van der Waals surface area contributed by atoms with Crippen molar-refractivity contribution in [3.05, 3.63) is 29.2 Å². The first-order valence-electron chi connectivity index (χ1n) is 3.42. The lowest BCUT2D eigenvalue weighted by Gasteiger charge is -1.97. The molecule has 0 bridgehead atoms. The standard InChI is InChI=1S/C7H6ClN3O/c8-5-2-1-3-6-9-10-7(4-12)11(5)6/h1-3,12H,4H2. The molecule has 0 amide bonds. The summed E-state index contributed by atoms with van der Waals surface area (Å²) in [5.74, 6) is 0.454. The van der Waals surface area contributed by atoms with E-state index in [1.807, 2.05) is 0 Å². The van der Waals surface area contributed by atoms with Crippen LogP contribution in [0, 0.1) is 0 Å². The molecule has 2 aromatic rings. The maximum absolute atomic E-state index is 8.87. The molecular formula is C7H6ClN3O. The average molecular weight is 184 g/mol. The van der Waals surface area contributed by atoms with Gasteiger partial charge in [0.25, 0.3) is 0 Å². The summed E-state index contributed by atoms with van der Waals surface area (Å²) < 4.78 is 1.60. The van der Waals surface area contributed by atoms with Crippen molar-refractivity contribution in [1.82, 2.24) is 14.6 Å². The van der Waals surface area contributed by atoms with E-state index in [2.05, 4.69) is 10.2 Å². The Labute approximate surface area is 73.4 Å². The SMILES string of the molecule is OCc1nnc2cccc(Cl)n12. The van der Waals surface area contributed by atoms with Crippen LogP contribution in [0.4, 0.5) is 0 Å².